The molecule has 0 heterocycles. The summed E-state index contributed by atoms with van der Waals surface area (Å²) < 4.78 is 0. The van der Waals surface area contributed by atoms with Crippen LogP contribution < -0.4 is 28.0 Å². The van der Waals surface area contributed by atoms with Crippen molar-refractivity contribution >= 4 is 29.5 Å². The van der Waals surface area contributed by atoms with Gasteiger partial charge in [-0.3, -0.25) is 24.0 Å². The Morgan fingerprint density at radius 1 is 1.12 bits per heavy atom. The van der Waals surface area contributed by atoms with E-state index in [2.05, 4.69) is 21.4 Å². The fraction of sp³-hybridized carbons (Fsp3) is 0.643. The van der Waals surface area contributed by atoms with Crippen molar-refractivity contribution in [1.29, 1.82) is 0 Å². The molecule has 3 amide bonds. The fourth-order valence-electron chi connectivity index (χ4n) is 1.90. The Kier molecular flexibility index (Phi) is 10.7. The van der Waals surface area contributed by atoms with Gasteiger partial charge in [-0.2, -0.15) is 5.90 Å². The summed E-state index contributed by atoms with van der Waals surface area (Å²) in [6.07, 6.45) is 1.24. The summed E-state index contributed by atoms with van der Waals surface area (Å²) in [6, 6.07) is -1.96. The van der Waals surface area contributed by atoms with Crippen LogP contribution in [-0.4, -0.2) is 48.1 Å². The van der Waals surface area contributed by atoms with Crippen LogP contribution in [0.25, 0.3) is 0 Å². The molecular weight excluding hydrogens is 334 g/mol. The fourth-order valence-corrected chi connectivity index (χ4v) is 1.90. The topological polar surface area (TPSA) is 197 Å². The van der Waals surface area contributed by atoms with Crippen molar-refractivity contribution in [3.63, 3.8) is 0 Å². The summed E-state index contributed by atoms with van der Waals surface area (Å²) in [7, 11) is 0. The molecule has 0 bridgehead atoms. The maximum absolute atomic E-state index is 11.7. The summed E-state index contributed by atoms with van der Waals surface area (Å²) >= 11 is 0. The summed E-state index contributed by atoms with van der Waals surface area (Å²) in [5.74, 6) is 0.702. The van der Waals surface area contributed by atoms with E-state index in [1.165, 1.54) is 0 Å². The minimum Gasteiger partial charge on any atom is -0.373 e. The van der Waals surface area contributed by atoms with E-state index in [-0.39, 0.29) is 19.3 Å². The van der Waals surface area contributed by atoms with Crippen molar-refractivity contribution < 1.29 is 28.8 Å². The van der Waals surface area contributed by atoms with Gasteiger partial charge in [0.15, 0.2) is 0 Å². The predicted octanol–water partition coefficient (Wildman–Crippen LogP) is -2.64. The molecule has 0 spiro atoms. The molecule has 11 nitrogen and oxygen atoms in total. The van der Waals surface area contributed by atoms with Crippen LogP contribution in [0.5, 0.6) is 0 Å². The lowest BCUT2D eigenvalue weighted by Crippen LogP contribution is -2.50. The maximum Gasteiger partial charge on any atom is 0.324 e. The van der Waals surface area contributed by atoms with E-state index in [4.69, 9.17) is 11.5 Å². The summed E-state index contributed by atoms with van der Waals surface area (Å²) in [5.41, 5.74) is 10.7. The average molecular weight is 359 g/mol. The first-order chi connectivity index (χ1) is 11.7. The van der Waals surface area contributed by atoms with Crippen LogP contribution in [0.15, 0.2) is 0 Å². The van der Waals surface area contributed by atoms with Crippen molar-refractivity contribution in [2.24, 2.45) is 17.4 Å². The molecule has 0 aliphatic carbocycles. The molecule has 0 aromatic carbocycles. The smallest absolute Gasteiger partial charge is 0.324 e. The normalized spacial score (nSPS) is 12.6. The molecule has 142 valence electrons. The Morgan fingerprint density at radius 3 is 2.28 bits per heavy atom. The third-order valence-corrected chi connectivity index (χ3v) is 3.25. The SMILES string of the molecule is CCCC(N)C(=O)C(=O)NCC(=O)NC(CCCC(=O)ON)C(N)=O. The number of carbonyl (C=O) groups is 5. The zero-order valence-corrected chi connectivity index (χ0v) is 14.1. The largest absolute Gasteiger partial charge is 0.373 e. The molecule has 25 heavy (non-hydrogen) atoms. The molecule has 8 N–H and O–H groups in total. The van der Waals surface area contributed by atoms with E-state index >= 15 is 0 Å². The van der Waals surface area contributed by atoms with Gasteiger partial charge < -0.3 is 26.9 Å². The van der Waals surface area contributed by atoms with Crippen molar-refractivity contribution in [2.75, 3.05) is 6.54 Å². The zero-order valence-electron chi connectivity index (χ0n) is 14.1. The van der Waals surface area contributed by atoms with Crippen LogP contribution in [0.3, 0.4) is 0 Å². The molecular formula is C14H25N5O6. The lowest BCUT2D eigenvalue weighted by atomic mass is 10.1. The number of Topliss-reactive ketones (excluding diaryl/α,β-unsaturated/α-hetero) is 1. The van der Waals surface area contributed by atoms with E-state index in [1.807, 2.05) is 6.92 Å². The van der Waals surface area contributed by atoms with Crippen LogP contribution in [-0.2, 0) is 28.8 Å². The second kappa shape index (κ2) is 11.9. The molecule has 0 rings (SSSR count). The van der Waals surface area contributed by atoms with Gasteiger partial charge in [-0.1, -0.05) is 13.3 Å². The first-order valence-corrected chi connectivity index (χ1v) is 7.78. The van der Waals surface area contributed by atoms with E-state index in [9.17, 15) is 24.0 Å². The molecule has 0 aliphatic heterocycles. The third-order valence-electron chi connectivity index (χ3n) is 3.25. The Hall–Kier alpha value is -2.53. The monoisotopic (exact) mass is 359 g/mol. The van der Waals surface area contributed by atoms with Crippen molar-refractivity contribution in [3.05, 3.63) is 0 Å². The molecule has 0 radical (unpaired) electrons. The van der Waals surface area contributed by atoms with Gasteiger partial charge in [0.05, 0.1) is 12.6 Å². The minimum atomic E-state index is -1.03. The Morgan fingerprint density at radius 2 is 1.76 bits per heavy atom. The molecule has 0 aromatic rings. The number of primary amides is 1. The van der Waals surface area contributed by atoms with Crippen LogP contribution in [0.2, 0.25) is 0 Å². The number of hydrogen-bond acceptors (Lipinski definition) is 8. The van der Waals surface area contributed by atoms with Gasteiger partial charge in [0, 0.05) is 6.42 Å². The van der Waals surface area contributed by atoms with Gasteiger partial charge in [-0.15, -0.1) is 0 Å². The highest BCUT2D eigenvalue weighted by molar-refractivity contribution is 6.38. The standard InChI is InChI=1S/C14H25N5O6/c1-2-4-8(15)12(22)14(24)18-7-10(20)19-9(13(16)23)5-3-6-11(21)25-17/h8-9H,2-7,15,17H2,1H3,(H2,16,23)(H,18,24)(H,19,20). The molecule has 0 aliphatic rings. The summed E-state index contributed by atoms with van der Waals surface area (Å²) in [4.78, 5) is 61.1. The average Bonchev–Trinajstić information content (AvgIpc) is 2.57. The number of hydrogen-bond donors (Lipinski definition) is 5. The number of ketones is 1. The van der Waals surface area contributed by atoms with E-state index < -0.39 is 48.1 Å². The molecule has 11 heteroatoms. The van der Waals surface area contributed by atoms with Crippen LogP contribution in [0, 0.1) is 0 Å². The molecule has 0 saturated carbocycles. The zero-order chi connectivity index (χ0) is 19.4. The number of carbonyl (C=O) groups excluding carboxylic acids is 5. The van der Waals surface area contributed by atoms with Gasteiger partial charge in [-0.05, 0) is 19.3 Å². The molecule has 2 atom stereocenters. The van der Waals surface area contributed by atoms with Gasteiger partial charge in [0.2, 0.25) is 17.6 Å². The molecule has 2 unspecified atom stereocenters. The lowest BCUT2D eigenvalue weighted by Gasteiger charge is -2.15. The Balaban J connectivity index is 4.34. The second-order valence-corrected chi connectivity index (χ2v) is 5.35. The van der Waals surface area contributed by atoms with Crippen LogP contribution >= 0.6 is 0 Å². The van der Waals surface area contributed by atoms with E-state index in [0.717, 1.165) is 0 Å². The number of nitrogens with two attached hydrogens (primary N) is 3. The lowest BCUT2D eigenvalue weighted by molar-refractivity contribution is -0.144. The van der Waals surface area contributed by atoms with Gasteiger partial charge in [0.25, 0.3) is 5.91 Å². The van der Waals surface area contributed by atoms with Gasteiger partial charge in [-0.25, -0.2) is 0 Å². The quantitative estimate of drug-likeness (QED) is 0.184. The van der Waals surface area contributed by atoms with Crippen molar-refractivity contribution in [2.45, 2.75) is 51.1 Å². The van der Waals surface area contributed by atoms with Crippen molar-refractivity contribution in [3.8, 4) is 0 Å². The number of amides is 3. The Labute approximate surface area is 144 Å². The minimum absolute atomic E-state index is 0.0449. The highest BCUT2D eigenvalue weighted by Gasteiger charge is 2.23. The third kappa shape index (κ3) is 9.37. The van der Waals surface area contributed by atoms with Gasteiger partial charge in [0.1, 0.15) is 6.04 Å². The maximum atomic E-state index is 11.7. The number of rotatable bonds is 12. The molecule has 0 aromatic heterocycles. The Bertz CT molecular complexity index is 510. The first kappa shape index (κ1) is 22.5. The molecule has 0 fully saturated rings. The molecule has 0 saturated heterocycles. The second-order valence-electron chi connectivity index (χ2n) is 5.35. The van der Waals surface area contributed by atoms with Crippen molar-refractivity contribution in [1.82, 2.24) is 10.6 Å². The van der Waals surface area contributed by atoms with Crippen LogP contribution in [0.1, 0.15) is 39.0 Å². The van der Waals surface area contributed by atoms with Crippen LogP contribution in [0.4, 0.5) is 0 Å². The van der Waals surface area contributed by atoms with Gasteiger partial charge >= 0.3 is 5.97 Å². The van der Waals surface area contributed by atoms with E-state index in [1.54, 1.807) is 0 Å². The summed E-state index contributed by atoms with van der Waals surface area (Å²) in [5, 5.41) is 4.43. The predicted molar refractivity (Wildman–Crippen MR) is 86.2 cm³/mol. The number of nitrogens with one attached hydrogen (secondary N) is 2. The first-order valence-electron chi connectivity index (χ1n) is 7.78. The summed E-state index contributed by atoms with van der Waals surface area (Å²) in [6.45, 7) is 1.30. The van der Waals surface area contributed by atoms with E-state index in [0.29, 0.717) is 12.8 Å². The highest BCUT2D eigenvalue weighted by atomic mass is 16.7. The highest BCUT2D eigenvalue weighted by Crippen LogP contribution is 2.02.